The Bertz CT molecular complexity index is 200. The minimum Gasteiger partial charge on any atom is -0.561 e. The number of allylic oxidation sites excluding steroid dienone is 5. The van der Waals surface area contributed by atoms with Crippen LogP contribution in [0.1, 0.15) is 0 Å². The average molecular weight is 117 g/mol. The van der Waals surface area contributed by atoms with Gasteiger partial charge in [-0.25, -0.2) is 0 Å². The third-order valence-corrected chi connectivity index (χ3v) is 1.58. The van der Waals surface area contributed by atoms with Crippen molar-refractivity contribution in [2.75, 3.05) is 0 Å². The van der Waals surface area contributed by atoms with Crippen LogP contribution in [0.5, 0.6) is 0 Å². The van der Waals surface area contributed by atoms with E-state index in [9.17, 15) is 0 Å². The van der Waals surface area contributed by atoms with Crippen molar-refractivity contribution in [2.45, 2.75) is 5.82 Å². The Hall–Kier alpha value is -0.915. The third-order valence-electron chi connectivity index (χ3n) is 1.58. The summed E-state index contributed by atoms with van der Waals surface area (Å²) in [6.45, 7) is 0. The molecule has 1 unspecified atom stereocenters. The molecule has 2 heteroatoms. The quantitative estimate of drug-likeness (QED) is 0.429. The summed E-state index contributed by atoms with van der Waals surface area (Å²) in [4.78, 5) is 0. The van der Waals surface area contributed by atoms with Crippen molar-refractivity contribution < 1.29 is 4.65 Å². The molecule has 0 bridgehead atoms. The van der Waals surface area contributed by atoms with Gasteiger partial charge in [0.15, 0.2) is 0 Å². The summed E-state index contributed by atoms with van der Waals surface area (Å²) < 4.78 is 5.00. The van der Waals surface area contributed by atoms with Crippen LogP contribution < -0.4 is 0 Å². The van der Waals surface area contributed by atoms with Crippen molar-refractivity contribution in [2.24, 2.45) is 0 Å². The molecule has 0 saturated heterocycles. The van der Waals surface area contributed by atoms with Gasteiger partial charge in [0.25, 0.3) is 0 Å². The molecular formula is C7H6BO. The van der Waals surface area contributed by atoms with E-state index in [2.05, 4.69) is 12.3 Å². The van der Waals surface area contributed by atoms with Crippen LogP contribution in [-0.2, 0) is 4.65 Å². The molecular weight excluding hydrogens is 111 g/mol. The second-order valence-electron chi connectivity index (χ2n) is 2.22. The van der Waals surface area contributed by atoms with Gasteiger partial charge in [-0.15, -0.1) is 0 Å². The fourth-order valence-electron chi connectivity index (χ4n) is 1.05. The van der Waals surface area contributed by atoms with E-state index in [0.717, 1.165) is 7.48 Å². The van der Waals surface area contributed by atoms with Crippen LogP contribution in [0, 0.1) is 6.26 Å². The summed E-state index contributed by atoms with van der Waals surface area (Å²) in [5.74, 6) is 0.481. The maximum atomic E-state index is 5.00. The number of fused-ring (bicyclic) bond motifs is 1. The molecule has 0 amide bonds. The van der Waals surface area contributed by atoms with E-state index in [1.165, 1.54) is 5.57 Å². The summed E-state index contributed by atoms with van der Waals surface area (Å²) in [6, 6.07) is 0. The van der Waals surface area contributed by atoms with Gasteiger partial charge in [-0.2, -0.15) is 0 Å². The normalized spacial score (nSPS) is 28.4. The molecule has 0 spiro atoms. The van der Waals surface area contributed by atoms with Gasteiger partial charge in [-0.05, 0) is 5.57 Å². The summed E-state index contributed by atoms with van der Waals surface area (Å²) in [6.07, 6.45) is 11.1. The second kappa shape index (κ2) is 1.80. The lowest BCUT2D eigenvalue weighted by Crippen LogP contribution is -1.97. The third kappa shape index (κ3) is 0.708. The zero-order chi connectivity index (χ0) is 6.10. The second-order valence-corrected chi connectivity index (χ2v) is 2.22. The Morgan fingerprint density at radius 2 is 2.56 bits per heavy atom. The zero-order valence-electron chi connectivity index (χ0n) is 5.00. The van der Waals surface area contributed by atoms with Crippen LogP contribution >= 0.6 is 0 Å². The largest absolute Gasteiger partial charge is 0.561 e. The molecule has 0 aromatic heterocycles. The van der Waals surface area contributed by atoms with Crippen molar-refractivity contribution in [3.05, 3.63) is 36.1 Å². The predicted molar refractivity (Wildman–Crippen MR) is 37.0 cm³/mol. The van der Waals surface area contributed by atoms with Gasteiger partial charge >= 0.3 is 7.48 Å². The topological polar surface area (TPSA) is 9.23 Å². The first-order valence-electron chi connectivity index (χ1n) is 3.06. The molecule has 0 aromatic carbocycles. The SMILES string of the molecule is B1O[C]=C2C=CC=CC12. The monoisotopic (exact) mass is 117 g/mol. The van der Waals surface area contributed by atoms with E-state index in [1.807, 2.05) is 18.2 Å². The number of hydrogen-bond donors (Lipinski definition) is 0. The average Bonchev–Trinajstić information content (AvgIpc) is 2.33. The molecule has 0 fully saturated rings. The molecule has 1 heterocycles. The standard InChI is InChI=1S/C7H6BO/c1-2-4-7-6(3-1)5-9-8-7/h1-4,7-8H. The highest BCUT2D eigenvalue weighted by Gasteiger charge is 2.19. The van der Waals surface area contributed by atoms with E-state index in [0.29, 0.717) is 5.82 Å². The summed E-state index contributed by atoms with van der Waals surface area (Å²) >= 11 is 0. The fourth-order valence-corrected chi connectivity index (χ4v) is 1.05. The molecule has 2 rings (SSSR count). The van der Waals surface area contributed by atoms with Gasteiger partial charge in [0.05, 0.1) is 0 Å². The van der Waals surface area contributed by atoms with Crippen molar-refractivity contribution in [3.8, 4) is 0 Å². The first-order chi connectivity index (χ1) is 4.47. The molecule has 0 N–H and O–H groups in total. The molecule has 1 nitrogen and oxygen atoms in total. The molecule has 2 aliphatic rings. The van der Waals surface area contributed by atoms with E-state index >= 15 is 0 Å². The Kier molecular flexibility index (Phi) is 0.981. The first-order valence-corrected chi connectivity index (χ1v) is 3.06. The number of rotatable bonds is 0. The molecule has 9 heavy (non-hydrogen) atoms. The summed E-state index contributed by atoms with van der Waals surface area (Å²) in [7, 11) is 0.774. The zero-order valence-corrected chi connectivity index (χ0v) is 5.00. The first kappa shape index (κ1) is 4.92. The Labute approximate surface area is 55.0 Å². The van der Waals surface area contributed by atoms with E-state index < -0.39 is 0 Å². The molecule has 43 valence electrons. The minimum absolute atomic E-state index is 0.481. The highest BCUT2D eigenvalue weighted by molar-refractivity contribution is 6.33. The van der Waals surface area contributed by atoms with Crippen LogP contribution in [0.2, 0.25) is 5.82 Å². The summed E-state index contributed by atoms with van der Waals surface area (Å²) in [5.41, 5.74) is 1.18. The van der Waals surface area contributed by atoms with Gasteiger partial charge in [0, 0.05) is 5.82 Å². The Morgan fingerprint density at radius 1 is 1.56 bits per heavy atom. The maximum absolute atomic E-state index is 5.00. The summed E-state index contributed by atoms with van der Waals surface area (Å²) in [5, 5.41) is 0. The smallest absolute Gasteiger partial charge is 0.351 e. The highest BCUT2D eigenvalue weighted by atomic mass is 16.4. The Morgan fingerprint density at radius 3 is 3.44 bits per heavy atom. The van der Waals surface area contributed by atoms with Crippen molar-refractivity contribution >= 4 is 7.48 Å². The lowest BCUT2D eigenvalue weighted by atomic mass is 9.75. The minimum atomic E-state index is 0.481. The highest BCUT2D eigenvalue weighted by Crippen LogP contribution is 2.27. The van der Waals surface area contributed by atoms with Crippen LogP contribution in [0.4, 0.5) is 0 Å². The molecule has 1 aliphatic heterocycles. The van der Waals surface area contributed by atoms with Gasteiger partial charge < -0.3 is 4.65 Å². The van der Waals surface area contributed by atoms with Crippen molar-refractivity contribution in [1.29, 1.82) is 0 Å². The fraction of sp³-hybridized carbons (Fsp3) is 0.143. The lowest BCUT2D eigenvalue weighted by molar-refractivity contribution is 0.498. The van der Waals surface area contributed by atoms with Gasteiger partial charge in [0.1, 0.15) is 6.26 Å². The van der Waals surface area contributed by atoms with Crippen LogP contribution in [0.3, 0.4) is 0 Å². The van der Waals surface area contributed by atoms with Crippen molar-refractivity contribution in [1.82, 2.24) is 0 Å². The van der Waals surface area contributed by atoms with Crippen molar-refractivity contribution in [3.63, 3.8) is 0 Å². The van der Waals surface area contributed by atoms with Crippen LogP contribution in [-0.4, -0.2) is 7.48 Å². The Balaban J connectivity index is 2.33. The molecule has 1 atom stereocenters. The maximum Gasteiger partial charge on any atom is 0.351 e. The molecule has 0 saturated carbocycles. The lowest BCUT2D eigenvalue weighted by Gasteiger charge is -2.03. The predicted octanol–water partition coefficient (Wildman–Crippen LogP) is 0.970. The van der Waals surface area contributed by atoms with Gasteiger partial charge in [-0.1, -0.05) is 24.3 Å². The number of hydrogen-bond acceptors (Lipinski definition) is 1. The van der Waals surface area contributed by atoms with Gasteiger partial charge in [0.2, 0.25) is 0 Å². The molecule has 1 radical (unpaired) electrons. The van der Waals surface area contributed by atoms with Crippen LogP contribution in [0.25, 0.3) is 0 Å². The van der Waals surface area contributed by atoms with E-state index in [4.69, 9.17) is 4.65 Å². The van der Waals surface area contributed by atoms with E-state index in [-0.39, 0.29) is 0 Å². The van der Waals surface area contributed by atoms with E-state index in [1.54, 1.807) is 0 Å². The molecule has 0 aromatic rings. The molecule has 1 aliphatic carbocycles. The van der Waals surface area contributed by atoms with Gasteiger partial charge in [-0.3, -0.25) is 0 Å². The van der Waals surface area contributed by atoms with Crippen LogP contribution in [0.15, 0.2) is 29.9 Å².